The Morgan fingerprint density at radius 3 is 2.70 bits per heavy atom. The zero-order valence-electron chi connectivity index (χ0n) is 23.0. The van der Waals surface area contributed by atoms with E-state index in [1.165, 1.54) is 0 Å². The molecule has 0 unspecified atom stereocenters. The summed E-state index contributed by atoms with van der Waals surface area (Å²) >= 11 is 0. The van der Waals surface area contributed by atoms with E-state index in [9.17, 15) is 14.0 Å². The van der Waals surface area contributed by atoms with Gasteiger partial charge in [-0.1, -0.05) is 30.3 Å². The number of fused-ring (bicyclic) bond motifs is 1. The number of halogens is 1. The van der Waals surface area contributed by atoms with E-state index in [2.05, 4.69) is 5.32 Å². The number of pyridine rings is 1. The summed E-state index contributed by atoms with van der Waals surface area (Å²) in [5.41, 5.74) is 3.39. The number of ether oxygens (including phenoxy) is 1. The lowest BCUT2D eigenvalue weighted by atomic mass is 10.1. The highest BCUT2D eigenvalue weighted by molar-refractivity contribution is 5.84. The van der Waals surface area contributed by atoms with Gasteiger partial charge in [0.05, 0.1) is 24.4 Å². The molecule has 5 rings (SSSR count). The minimum atomic E-state index is -1.06. The molecular formula is C29H37FN6O4. The second kappa shape index (κ2) is 12.3. The van der Waals surface area contributed by atoms with Crippen LogP contribution in [-0.2, 0) is 22.6 Å². The molecule has 2 amide bonds. The number of carboxylic acid groups (broad SMARTS) is 1. The maximum absolute atomic E-state index is 14.0. The van der Waals surface area contributed by atoms with E-state index in [-0.39, 0.29) is 30.6 Å². The lowest BCUT2D eigenvalue weighted by Gasteiger charge is -2.40. The smallest absolute Gasteiger partial charge is 0.404 e. The Balaban J connectivity index is 1.37. The molecule has 10 nitrogen and oxygen atoms in total. The quantitative estimate of drug-likeness (QED) is 0.349. The highest BCUT2D eigenvalue weighted by atomic mass is 19.1. The van der Waals surface area contributed by atoms with E-state index in [1.54, 1.807) is 4.68 Å². The molecule has 3 aromatic rings. The van der Waals surface area contributed by atoms with Crippen molar-refractivity contribution in [2.24, 2.45) is 0 Å². The lowest BCUT2D eigenvalue weighted by molar-refractivity contribution is -0.157. The molecular weight excluding hydrogens is 515 g/mol. The van der Waals surface area contributed by atoms with Gasteiger partial charge in [-0.05, 0) is 50.8 Å². The molecule has 0 bridgehead atoms. The van der Waals surface area contributed by atoms with Gasteiger partial charge in [0.1, 0.15) is 12.8 Å². The van der Waals surface area contributed by atoms with Crippen LogP contribution in [0.1, 0.15) is 49.2 Å². The molecule has 1 aliphatic heterocycles. The Labute approximate surface area is 233 Å². The Kier molecular flexibility index (Phi) is 8.60. The average Bonchev–Trinajstić information content (AvgIpc) is 3.72. The number of alkyl halides is 1. The SMILES string of the molecule is Cc1ccc2c([C@@H](C)N(C(=O)[C@H]3CN(Cc4ccccc4)[C@@H](CF)CO3)C3CC3)nn(CCCNC(=O)O)c2n1. The zero-order chi connectivity index (χ0) is 28.2. The van der Waals surface area contributed by atoms with Gasteiger partial charge in [0.15, 0.2) is 5.65 Å². The fourth-order valence-corrected chi connectivity index (χ4v) is 5.45. The van der Waals surface area contributed by atoms with Crippen LogP contribution in [0.25, 0.3) is 11.0 Å². The van der Waals surface area contributed by atoms with E-state index in [1.807, 2.05) is 66.1 Å². The van der Waals surface area contributed by atoms with E-state index >= 15 is 0 Å². The van der Waals surface area contributed by atoms with Crippen LogP contribution in [0.4, 0.5) is 9.18 Å². The number of aryl methyl sites for hydroxylation is 2. The molecule has 2 fully saturated rings. The van der Waals surface area contributed by atoms with Crippen molar-refractivity contribution in [1.29, 1.82) is 0 Å². The molecule has 1 saturated carbocycles. The van der Waals surface area contributed by atoms with Crippen molar-refractivity contribution in [1.82, 2.24) is 29.9 Å². The summed E-state index contributed by atoms with van der Waals surface area (Å²) in [6.07, 6.45) is 0.643. The first-order valence-electron chi connectivity index (χ1n) is 13.9. The first kappa shape index (κ1) is 28.0. The number of aromatic nitrogens is 3. The Morgan fingerprint density at radius 1 is 1.23 bits per heavy atom. The molecule has 40 heavy (non-hydrogen) atoms. The molecule has 0 spiro atoms. The third-order valence-electron chi connectivity index (χ3n) is 7.68. The second-order valence-corrected chi connectivity index (χ2v) is 10.7. The maximum Gasteiger partial charge on any atom is 0.404 e. The maximum atomic E-state index is 14.0. The van der Waals surface area contributed by atoms with Crippen molar-refractivity contribution < 1.29 is 23.8 Å². The van der Waals surface area contributed by atoms with Crippen LogP contribution in [0.2, 0.25) is 0 Å². The van der Waals surface area contributed by atoms with Gasteiger partial charge in [-0.2, -0.15) is 5.10 Å². The lowest BCUT2D eigenvalue weighted by Crippen LogP contribution is -2.56. The summed E-state index contributed by atoms with van der Waals surface area (Å²) in [7, 11) is 0. The fourth-order valence-electron chi connectivity index (χ4n) is 5.45. The number of nitrogens with one attached hydrogen (secondary N) is 1. The van der Waals surface area contributed by atoms with E-state index in [0.717, 1.165) is 35.2 Å². The van der Waals surface area contributed by atoms with Gasteiger partial charge >= 0.3 is 6.09 Å². The summed E-state index contributed by atoms with van der Waals surface area (Å²) < 4.78 is 21.7. The topological polar surface area (TPSA) is 113 Å². The monoisotopic (exact) mass is 552 g/mol. The number of hydrogen-bond acceptors (Lipinski definition) is 6. The minimum absolute atomic E-state index is 0.0983. The summed E-state index contributed by atoms with van der Waals surface area (Å²) in [4.78, 5) is 33.5. The van der Waals surface area contributed by atoms with Gasteiger partial charge in [-0.25, -0.2) is 18.9 Å². The van der Waals surface area contributed by atoms with Crippen molar-refractivity contribution in [2.45, 2.75) is 70.4 Å². The molecule has 1 aliphatic carbocycles. The molecule has 2 aromatic heterocycles. The minimum Gasteiger partial charge on any atom is -0.465 e. The van der Waals surface area contributed by atoms with Crippen molar-refractivity contribution in [3.05, 3.63) is 59.4 Å². The van der Waals surface area contributed by atoms with Crippen LogP contribution < -0.4 is 5.32 Å². The van der Waals surface area contributed by atoms with E-state index < -0.39 is 18.9 Å². The summed E-state index contributed by atoms with van der Waals surface area (Å²) in [5.74, 6) is -0.0983. The van der Waals surface area contributed by atoms with Gasteiger partial charge in [0.25, 0.3) is 5.91 Å². The van der Waals surface area contributed by atoms with Crippen LogP contribution in [0, 0.1) is 6.92 Å². The van der Waals surface area contributed by atoms with Gasteiger partial charge in [0.2, 0.25) is 0 Å². The molecule has 2 N–H and O–H groups in total. The van der Waals surface area contributed by atoms with Crippen molar-refractivity contribution in [3.63, 3.8) is 0 Å². The van der Waals surface area contributed by atoms with Crippen LogP contribution >= 0.6 is 0 Å². The fraction of sp³-hybridized carbons (Fsp3) is 0.517. The Bertz CT molecular complexity index is 1330. The number of benzene rings is 1. The predicted octanol–water partition coefficient (Wildman–Crippen LogP) is 3.69. The van der Waals surface area contributed by atoms with Crippen molar-refractivity contribution in [2.75, 3.05) is 26.4 Å². The summed E-state index contributed by atoms with van der Waals surface area (Å²) in [6, 6.07) is 13.2. The number of hydrogen-bond donors (Lipinski definition) is 2. The third kappa shape index (κ3) is 6.26. The summed E-state index contributed by atoms with van der Waals surface area (Å²) in [6.45, 7) is 5.21. The number of morpholine rings is 1. The van der Waals surface area contributed by atoms with Crippen LogP contribution in [0.5, 0.6) is 0 Å². The normalized spacial score (nSPS) is 20.4. The van der Waals surface area contributed by atoms with E-state index in [0.29, 0.717) is 38.2 Å². The number of carbonyl (C=O) groups excluding carboxylic acids is 1. The Hall–Kier alpha value is -3.57. The van der Waals surface area contributed by atoms with Crippen LogP contribution in [0.3, 0.4) is 0 Å². The van der Waals surface area contributed by atoms with Gasteiger partial charge in [-0.15, -0.1) is 0 Å². The molecule has 1 aromatic carbocycles. The third-order valence-corrected chi connectivity index (χ3v) is 7.68. The molecule has 214 valence electrons. The van der Waals surface area contributed by atoms with Crippen LogP contribution in [0.15, 0.2) is 42.5 Å². The standard InChI is InChI=1S/C29H37FN6O4/c1-19-9-12-24-26(33-35(27(24)32-19)14-6-13-31-29(38)39)20(2)36(22-10-11-22)28(37)25-17-34(23(15-30)18-40-25)16-21-7-4-3-5-8-21/h3-5,7-9,12,20,22-23,25,31H,6,10-11,13-18H2,1-2H3,(H,38,39)/t20-,23+,25-/m1/s1. The molecule has 2 aliphatic rings. The highest BCUT2D eigenvalue weighted by Gasteiger charge is 2.43. The van der Waals surface area contributed by atoms with Crippen LogP contribution in [-0.4, -0.2) is 86.2 Å². The predicted molar refractivity (Wildman–Crippen MR) is 148 cm³/mol. The molecule has 11 heteroatoms. The number of carbonyl (C=O) groups is 2. The molecule has 3 atom stereocenters. The van der Waals surface area contributed by atoms with Crippen molar-refractivity contribution >= 4 is 23.0 Å². The summed E-state index contributed by atoms with van der Waals surface area (Å²) in [5, 5.41) is 17.0. The van der Waals surface area contributed by atoms with Gasteiger partial charge in [-0.3, -0.25) is 9.69 Å². The highest BCUT2D eigenvalue weighted by Crippen LogP contribution is 2.37. The number of rotatable bonds is 11. The van der Waals surface area contributed by atoms with Crippen molar-refractivity contribution in [3.8, 4) is 0 Å². The second-order valence-electron chi connectivity index (χ2n) is 10.7. The number of nitrogens with zero attached hydrogens (tertiary/aromatic N) is 5. The largest absolute Gasteiger partial charge is 0.465 e. The molecule has 3 heterocycles. The van der Waals surface area contributed by atoms with Gasteiger partial charge < -0.3 is 20.1 Å². The average molecular weight is 553 g/mol. The molecule has 1 saturated heterocycles. The zero-order valence-corrected chi connectivity index (χ0v) is 23.0. The number of amides is 2. The first-order valence-corrected chi connectivity index (χ1v) is 13.9. The Morgan fingerprint density at radius 2 is 2.00 bits per heavy atom. The first-order chi connectivity index (χ1) is 19.4. The molecule has 0 radical (unpaired) electrons. The van der Waals surface area contributed by atoms with Gasteiger partial charge in [0, 0.05) is 43.3 Å². The van der Waals surface area contributed by atoms with E-state index in [4.69, 9.17) is 19.9 Å².